The molecule has 0 radical (unpaired) electrons. The van der Waals surface area contributed by atoms with Crippen LogP contribution in [-0.2, 0) is 4.79 Å². The number of likely N-dealkylation sites (tertiary alicyclic amines) is 1. The Balaban J connectivity index is 1.95. The molecule has 1 atom stereocenters. The number of hydrogen-bond acceptors (Lipinski definition) is 3. The predicted octanol–water partition coefficient (Wildman–Crippen LogP) is 3.13. The number of nitrogens with one attached hydrogen (secondary N) is 1. The minimum Gasteiger partial charge on any atom is -0.396 e. The Morgan fingerprint density at radius 3 is 2.91 bits per heavy atom. The molecule has 1 amide bonds. The van der Waals surface area contributed by atoms with E-state index in [4.69, 9.17) is 16.7 Å². The first kappa shape index (κ1) is 17.3. The van der Waals surface area contributed by atoms with Crippen molar-refractivity contribution in [2.45, 2.75) is 45.6 Å². The van der Waals surface area contributed by atoms with Gasteiger partial charge in [-0.15, -0.1) is 0 Å². The second kappa shape index (κ2) is 7.95. The molecule has 1 unspecified atom stereocenters. The molecule has 0 spiro atoms. The van der Waals surface area contributed by atoms with Crippen LogP contribution in [-0.4, -0.2) is 41.7 Å². The third-order valence-electron chi connectivity index (χ3n) is 4.24. The van der Waals surface area contributed by atoms with Crippen molar-refractivity contribution in [2.24, 2.45) is 0 Å². The quantitative estimate of drug-likeness (QED) is 0.845. The maximum absolute atomic E-state index is 12.3. The summed E-state index contributed by atoms with van der Waals surface area (Å²) in [6.45, 7) is 5.49. The first-order valence-electron chi connectivity index (χ1n) is 7.92. The monoisotopic (exact) mass is 324 g/mol. The molecule has 2 N–H and O–H groups in total. The number of carbonyl (C=O) groups is 1. The Hall–Kier alpha value is -1.10. The number of halogens is 1. The highest BCUT2D eigenvalue weighted by Crippen LogP contribution is 2.27. The average Bonchev–Trinajstić information content (AvgIpc) is 2.87. The van der Waals surface area contributed by atoms with Crippen LogP contribution in [0.25, 0.3) is 0 Å². The van der Waals surface area contributed by atoms with Crippen molar-refractivity contribution in [1.29, 1.82) is 0 Å². The molecule has 5 heteroatoms. The Morgan fingerprint density at radius 1 is 1.45 bits per heavy atom. The summed E-state index contributed by atoms with van der Waals surface area (Å²) in [7, 11) is 0. The molecule has 1 heterocycles. The molecule has 0 aliphatic carbocycles. The fraction of sp³-hybridized carbons (Fsp3) is 0.588. The molecule has 0 bridgehead atoms. The summed E-state index contributed by atoms with van der Waals surface area (Å²) >= 11 is 6.24. The number of hydrogen-bond donors (Lipinski definition) is 2. The van der Waals surface area contributed by atoms with Crippen molar-refractivity contribution in [1.82, 2.24) is 4.90 Å². The number of amides is 1. The van der Waals surface area contributed by atoms with Crippen LogP contribution in [0, 0.1) is 13.8 Å². The van der Waals surface area contributed by atoms with Gasteiger partial charge in [-0.3, -0.25) is 9.69 Å². The topological polar surface area (TPSA) is 52.6 Å². The van der Waals surface area contributed by atoms with Crippen molar-refractivity contribution in [3.05, 3.63) is 28.3 Å². The minimum absolute atomic E-state index is 0.0234. The van der Waals surface area contributed by atoms with Crippen LogP contribution < -0.4 is 5.32 Å². The van der Waals surface area contributed by atoms with Gasteiger partial charge in [0, 0.05) is 12.6 Å². The summed E-state index contributed by atoms with van der Waals surface area (Å²) in [4.78, 5) is 14.5. The van der Waals surface area contributed by atoms with Crippen LogP contribution >= 0.6 is 11.6 Å². The number of benzene rings is 1. The van der Waals surface area contributed by atoms with Gasteiger partial charge in [-0.25, -0.2) is 0 Å². The maximum atomic E-state index is 12.3. The Morgan fingerprint density at radius 2 is 2.23 bits per heavy atom. The second-order valence-corrected chi connectivity index (χ2v) is 6.53. The van der Waals surface area contributed by atoms with Crippen LogP contribution in [0.3, 0.4) is 0 Å². The van der Waals surface area contributed by atoms with Crippen LogP contribution in [0.2, 0.25) is 5.02 Å². The Kier molecular flexibility index (Phi) is 6.24. The number of rotatable bonds is 6. The zero-order valence-electron chi connectivity index (χ0n) is 13.4. The fourth-order valence-corrected chi connectivity index (χ4v) is 3.56. The first-order chi connectivity index (χ1) is 10.5. The highest BCUT2D eigenvalue weighted by Gasteiger charge is 2.25. The number of aliphatic hydroxyl groups excluding tert-OH is 1. The summed E-state index contributed by atoms with van der Waals surface area (Å²) in [6.07, 6.45) is 3.98. The van der Waals surface area contributed by atoms with Gasteiger partial charge < -0.3 is 10.4 Å². The van der Waals surface area contributed by atoms with Crippen molar-refractivity contribution in [3.63, 3.8) is 0 Å². The molecule has 1 aromatic carbocycles. The molecule has 1 aliphatic heterocycles. The first-order valence-corrected chi connectivity index (χ1v) is 8.30. The summed E-state index contributed by atoms with van der Waals surface area (Å²) in [6, 6.07) is 4.29. The van der Waals surface area contributed by atoms with E-state index in [2.05, 4.69) is 10.2 Å². The van der Waals surface area contributed by atoms with Crippen molar-refractivity contribution < 1.29 is 9.90 Å². The van der Waals surface area contributed by atoms with E-state index in [-0.39, 0.29) is 12.5 Å². The van der Waals surface area contributed by atoms with E-state index in [1.165, 1.54) is 0 Å². The van der Waals surface area contributed by atoms with Crippen molar-refractivity contribution in [3.8, 4) is 0 Å². The molecule has 1 aromatic rings. The number of aliphatic hydroxyl groups is 1. The summed E-state index contributed by atoms with van der Waals surface area (Å²) in [5.41, 5.74) is 2.78. The van der Waals surface area contributed by atoms with Gasteiger partial charge in [0.2, 0.25) is 5.91 Å². The summed E-state index contributed by atoms with van der Waals surface area (Å²) in [5.74, 6) is -0.0234. The number of carbonyl (C=O) groups excluding carboxylic acids is 1. The number of anilines is 1. The van der Waals surface area contributed by atoms with Crippen molar-refractivity contribution >= 4 is 23.2 Å². The lowest BCUT2D eigenvalue weighted by molar-refractivity contribution is -0.117. The van der Waals surface area contributed by atoms with Crippen LogP contribution in [0.1, 0.15) is 36.8 Å². The summed E-state index contributed by atoms with van der Waals surface area (Å²) < 4.78 is 0. The molecular formula is C17H25ClN2O2. The van der Waals surface area contributed by atoms with Crippen LogP contribution in [0.4, 0.5) is 5.69 Å². The molecule has 4 nitrogen and oxygen atoms in total. The lowest BCUT2D eigenvalue weighted by atomic mass is 10.1. The molecule has 0 aromatic heterocycles. The Labute approximate surface area is 137 Å². The van der Waals surface area contributed by atoms with Crippen LogP contribution in [0.15, 0.2) is 12.1 Å². The molecule has 1 saturated heterocycles. The second-order valence-electron chi connectivity index (χ2n) is 6.12. The van der Waals surface area contributed by atoms with Gasteiger partial charge in [0.05, 0.1) is 17.3 Å². The van der Waals surface area contributed by atoms with Gasteiger partial charge in [0.25, 0.3) is 0 Å². The molecule has 2 rings (SSSR count). The molecule has 122 valence electrons. The van der Waals surface area contributed by atoms with E-state index in [0.717, 1.165) is 43.4 Å². The van der Waals surface area contributed by atoms with Gasteiger partial charge in [0.1, 0.15) is 0 Å². The SMILES string of the molecule is Cc1cc(C)c(NC(=O)CN2CCCC2CCCO)c(Cl)c1. The smallest absolute Gasteiger partial charge is 0.238 e. The average molecular weight is 325 g/mol. The standard InChI is InChI=1S/C17H25ClN2O2/c1-12-9-13(2)17(15(18)10-12)19-16(22)11-20-7-3-5-14(20)6-4-8-21/h9-10,14,21H,3-8,11H2,1-2H3,(H,19,22). The van der Waals surface area contributed by atoms with Gasteiger partial charge >= 0.3 is 0 Å². The van der Waals surface area contributed by atoms with Gasteiger partial charge in [-0.2, -0.15) is 0 Å². The zero-order valence-corrected chi connectivity index (χ0v) is 14.1. The molecule has 1 aliphatic rings. The highest BCUT2D eigenvalue weighted by molar-refractivity contribution is 6.34. The lowest BCUT2D eigenvalue weighted by Gasteiger charge is -2.24. The minimum atomic E-state index is -0.0234. The number of nitrogens with zero attached hydrogens (tertiary/aromatic N) is 1. The predicted molar refractivity (Wildman–Crippen MR) is 90.5 cm³/mol. The largest absolute Gasteiger partial charge is 0.396 e. The molecule has 22 heavy (non-hydrogen) atoms. The molecular weight excluding hydrogens is 300 g/mol. The summed E-state index contributed by atoms with van der Waals surface area (Å²) in [5, 5.41) is 12.5. The van der Waals surface area contributed by atoms with Gasteiger partial charge in [-0.1, -0.05) is 17.7 Å². The molecule has 1 fully saturated rings. The molecule has 0 saturated carbocycles. The zero-order chi connectivity index (χ0) is 16.1. The van der Waals surface area contributed by atoms with E-state index < -0.39 is 0 Å². The fourth-order valence-electron chi connectivity index (χ4n) is 3.19. The van der Waals surface area contributed by atoms with E-state index in [9.17, 15) is 4.79 Å². The van der Waals surface area contributed by atoms with Crippen LogP contribution in [0.5, 0.6) is 0 Å². The third kappa shape index (κ3) is 4.45. The third-order valence-corrected chi connectivity index (χ3v) is 4.54. The maximum Gasteiger partial charge on any atom is 0.238 e. The normalized spacial score (nSPS) is 18.6. The van der Waals surface area contributed by atoms with E-state index in [1.54, 1.807) is 0 Å². The lowest BCUT2D eigenvalue weighted by Crippen LogP contribution is -2.37. The van der Waals surface area contributed by atoms with Crippen molar-refractivity contribution in [2.75, 3.05) is 25.0 Å². The van der Waals surface area contributed by atoms with E-state index in [1.807, 2.05) is 26.0 Å². The Bertz CT molecular complexity index is 510. The highest BCUT2D eigenvalue weighted by atomic mass is 35.5. The van der Waals surface area contributed by atoms with E-state index in [0.29, 0.717) is 23.3 Å². The van der Waals surface area contributed by atoms with E-state index >= 15 is 0 Å². The van der Waals surface area contributed by atoms with Gasteiger partial charge in [0.15, 0.2) is 0 Å². The van der Waals surface area contributed by atoms with Gasteiger partial charge in [-0.05, 0) is 63.3 Å². The number of aryl methyl sites for hydroxylation is 2.